The van der Waals surface area contributed by atoms with Gasteiger partial charge in [-0.1, -0.05) is 18.7 Å². The first-order chi connectivity index (χ1) is 8.49. The molecule has 0 saturated carbocycles. The van der Waals surface area contributed by atoms with Crippen molar-refractivity contribution in [2.45, 2.75) is 37.4 Å². The fourth-order valence-electron chi connectivity index (χ4n) is 1.46. The Balaban J connectivity index is 2.47. The summed E-state index contributed by atoms with van der Waals surface area (Å²) >= 11 is 1.57. The van der Waals surface area contributed by atoms with Crippen molar-refractivity contribution in [3.8, 4) is 0 Å². The van der Waals surface area contributed by atoms with Crippen LogP contribution in [0.1, 0.15) is 26.7 Å². The summed E-state index contributed by atoms with van der Waals surface area (Å²) in [6.45, 7) is 4.69. The highest BCUT2D eigenvalue weighted by Gasteiger charge is 2.29. The lowest BCUT2D eigenvalue weighted by Gasteiger charge is -2.27. The van der Waals surface area contributed by atoms with E-state index in [0.717, 1.165) is 23.9 Å². The number of hydrogen-bond donors (Lipinski definition) is 2. The van der Waals surface area contributed by atoms with Crippen LogP contribution in [-0.4, -0.2) is 38.5 Å². The van der Waals surface area contributed by atoms with Crippen LogP contribution in [0.5, 0.6) is 0 Å². The molecule has 6 nitrogen and oxygen atoms in total. The number of nitrogens with two attached hydrogens (primary N) is 1. The van der Waals surface area contributed by atoms with Gasteiger partial charge in [0.15, 0.2) is 5.16 Å². The van der Waals surface area contributed by atoms with Crippen molar-refractivity contribution in [3.05, 3.63) is 6.33 Å². The molecule has 1 heterocycles. The zero-order chi connectivity index (χ0) is 13.6. The Morgan fingerprint density at radius 3 is 2.89 bits per heavy atom. The summed E-state index contributed by atoms with van der Waals surface area (Å²) < 4.78 is 1.71. The first-order valence-electron chi connectivity index (χ1n) is 6.01. The van der Waals surface area contributed by atoms with E-state index in [9.17, 15) is 4.79 Å². The number of carbonyl (C=O) groups excluding carboxylic acids is 1. The molecule has 102 valence electrons. The molecule has 1 unspecified atom stereocenters. The number of primary amides is 1. The van der Waals surface area contributed by atoms with Gasteiger partial charge < -0.3 is 11.1 Å². The largest absolute Gasteiger partial charge is 0.368 e. The van der Waals surface area contributed by atoms with Gasteiger partial charge in [0.25, 0.3) is 0 Å². The van der Waals surface area contributed by atoms with Gasteiger partial charge in [-0.15, -0.1) is 0 Å². The van der Waals surface area contributed by atoms with Gasteiger partial charge in [0.1, 0.15) is 6.33 Å². The molecule has 1 aromatic rings. The summed E-state index contributed by atoms with van der Waals surface area (Å²) in [5.74, 6) is 0.456. The molecule has 0 aliphatic heterocycles. The molecule has 0 fully saturated rings. The SMILES string of the molecule is CCCNC(C)(CCSc1ncnn1C)C(N)=O. The van der Waals surface area contributed by atoms with Gasteiger partial charge in [-0.25, -0.2) is 9.67 Å². The molecular formula is C11H21N5OS. The highest BCUT2D eigenvalue weighted by molar-refractivity contribution is 7.99. The van der Waals surface area contributed by atoms with E-state index >= 15 is 0 Å². The van der Waals surface area contributed by atoms with Crippen molar-refractivity contribution in [1.82, 2.24) is 20.1 Å². The first-order valence-corrected chi connectivity index (χ1v) is 7.00. The monoisotopic (exact) mass is 271 g/mol. The number of carbonyl (C=O) groups is 1. The van der Waals surface area contributed by atoms with Crippen LogP contribution in [0.25, 0.3) is 0 Å². The lowest BCUT2D eigenvalue weighted by atomic mass is 9.98. The highest BCUT2D eigenvalue weighted by atomic mass is 32.2. The Bertz CT molecular complexity index is 395. The fraction of sp³-hybridized carbons (Fsp3) is 0.727. The van der Waals surface area contributed by atoms with E-state index in [2.05, 4.69) is 22.3 Å². The number of amides is 1. The molecule has 0 aliphatic rings. The van der Waals surface area contributed by atoms with Crippen LogP contribution in [0.3, 0.4) is 0 Å². The minimum atomic E-state index is -0.651. The molecule has 1 atom stereocenters. The van der Waals surface area contributed by atoms with Crippen LogP contribution in [0.4, 0.5) is 0 Å². The van der Waals surface area contributed by atoms with E-state index in [-0.39, 0.29) is 5.91 Å². The summed E-state index contributed by atoms with van der Waals surface area (Å²) in [6, 6.07) is 0. The lowest BCUT2D eigenvalue weighted by Crippen LogP contribution is -2.53. The maximum atomic E-state index is 11.5. The second-order valence-electron chi connectivity index (χ2n) is 4.39. The molecule has 0 aromatic carbocycles. The average Bonchev–Trinajstić information content (AvgIpc) is 2.72. The molecule has 0 aliphatic carbocycles. The van der Waals surface area contributed by atoms with Crippen LogP contribution in [0, 0.1) is 0 Å². The van der Waals surface area contributed by atoms with Gasteiger partial charge in [-0.05, 0) is 26.3 Å². The molecule has 1 aromatic heterocycles. The molecule has 3 N–H and O–H groups in total. The molecule has 0 saturated heterocycles. The number of aryl methyl sites for hydroxylation is 1. The number of nitrogens with one attached hydrogen (secondary N) is 1. The summed E-state index contributed by atoms with van der Waals surface area (Å²) in [4.78, 5) is 15.6. The van der Waals surface area contributed by atoms with E-state index in [1.54, 1.807) is 16.4 Å². The van der Waals surface area contributed by atoms with Crippen molar-refractivity contribution in [3.63, 3.8) is 0 Å². The molecule has 1 amide bonds. The summed E-state index contributed by atoms with van der Waals surface area (Å²) in [6.07, 6.45) is 3.16. The predicted octanol–water partition coefficient (Wildman–Crippen LogP) is 0.541. The maximum absolute atomic E-state index is 11.5. The van der Waals surface area contributed by atoms with Gasteiger partial charge in [0.2, 0.25) is 5.91 Å². The van der Waals surface area contributed by atoms with Gasteiger partial charge >= 0.3 is 0 Å². The fourth-order valence-corrected chi connectivity index (χ4v) is 2.51. The van der Waals surface area contributed by atoms with Gasteiger partial charge in [-0.3, -0.25) is 4.79 Å². The van der Waals surface area contributed by atoms with Crippen LogP contribution >= 0.6 is 11.8 Å². The number of nitrogens with zero attached hydrogens (tertiary/aromatic N) is 3. The summed E-state index contributed by atoms with van der Waals surface area (Å²) in [7, 11) is 1.85. The van der Waals surface area contributed by atoms with Crippen LogP contribution in [0.15, 0.2) is 11.5 Å². The Morgan fingerprint density at radius 2 is 2.39 bits per heavy atom. The zero-order valence-electron chi connectivity index (χ0n) is 11.1. The summed E-state index contributed by atoms with van der Waals surface area (Å²) in [5, 5.41) is 8.05. The number of aromatic nitrogens is 3. The van der Waals surface area contributed by atoms with Crippen LogP contribution in [0.2, 0.25) is 0 Å². The number of rotatable bonds is 8. The Hall–Kier alpha value is -1.08. The van der Waals surface area contributed by atoms with Crippen LogP contribution < -0.4 is 11.1 Å². The first kappa shape index (κ1) is 15.0. The molecule has 7 heteroatoms. The summed E-state index contributed by atoms with van der Waals surface area (Å²) in [5.41, 5.74) is 4.81. The zero-order valence-corrected chi connectivity index (χ0v) is 12.0. The topological polar surface area (TPSA) is 85.8 Å². The normalized spacial score (nSPS) is 14.4. The minimum Gasteiger partial charge on any atom is -0.368 e. The molecule has 18 heavy (non-hydrogen) atoms. The average molecular weight is 271 g/mol. The smallest absolute Gasteiger partial charge is 0.237 e. The second kappa shape index (κ2) is 6.75. The Labute approximate surface area is 112 Å². The van der Waals surface area contributed by atoms with Gasteiger partial charge in [-0.2, -0.15) is 5.10 Å². The van der Waals surface area contributed by atoms with Crippen molar-refractivity contribution >= 4 is 17.7 Å². The Kier molecular flexibility index (Phi) is 5.61. The van der Waals surface area contributed by atoms with Crippen molar-refractivity contribution in [2.75, 3.05) is 12.3 Å². The van der Waals surface area contributed by atoms with Gasteiger partial charge in [0.05, 0.1) is 5.54 Å². The third-order valence-electron chi connectivity index (χ3n) is 2.81. The molecule has 0 radical (unpaired) electrons. The third-order valence-corrected chi connectivity index (χ3v) is 3.85. The lowest BCUT2D eigenvalue weighted by molar-refractivity contribution is -0.123. The van der Waals surface area contributed by atoms with E-state index < -0.39 is 5.54 Å². The van der Waals surface area contributed by atoms with Crippen molar-refractivity contribution in [2.24, 2.45) is 12.8 Å². The van der Waals surface area contributed by atoms with Gasteiger partial charge in [0, 0.05) is 12.8 Å². The molecular weight excluding hydrogens is 250 g/mol. The number of thioether (sulfide) groups is 1. The third kappa shape index (κ3) is 3.99. The molecule has 0 bridgehead atoms. The van der Waals surface area contributed by atoms with Crippen LogP contribution in [-0.2, 0) is 11.8 Å². The predicted molar refractivity (Wildman–Crippen MR) is 72.2 cm³/mol. The van der Waals surface area contributed by atoms with Crippen molar-refractivity contribution in [1.29, 1.82) is 0 Å². The van der Waals surface area contributed by atoms with Crippen molar-refractivity contribution < 1.29 is 4.79 Å². The second-order valence-corrected chi connectivity index (χ2v) is 5.45. The van der Waals surface area contributed by atoms with E-state index in [1.165, 1.54) is 6.33 Å². The quantitative estimate of drug-likeness (QED) is 0.674. The minimum absolute atomic E-state index is 0.311. The van der Waals surface area contributed by atoms with E-state index in [0.29, 0.717) is 6.42 Å². The maximum Gasteiger partial charge on any atom is 0.237 e. The van der Waals surface area contributed by atoms with E-state index in [4.69, 9.17) is 5.73 Å². The molecule has 0 spiro atoms. The number of hydrogen-bond acceptors (Lipinski definition) is 5. The molecule has 1 rings (SSSR count). The standard InChI is InChI=1S/C11H21N5OS/c1-4-6-14-11(2,9(12)17)5-7-18-10-13-8-15-16(10)3/h8,14H,4-7H2,1-3H3,(H2,12,17). The Morgan fingerprint density at radius 1 is 1.67 bits per heavy atom. The van der Waals surface area contributed by atoms with E-state index in [1.807, 2.05) is 14.0 Å². The highest BCUT2D eigenvalue weighted by Crippen LogP contribution is 2.19.